The van der Waals surface area contributed by atoms with Gasteiger partial charge in [0.15, 0.2) is 11.6 Å². The van der Waals surface area contributed by atoms with Gasteiger partial charge in [-0.05, 0) is 205 Å². The lowest BCUT2D eigenvalue weighted by atomic mass is 9.99. The monoisotopic (exact) mass is 1920 g/mol. The molecule has 31 nitrogen and oxygen atoms in total. The Morgan fingerprint density at radius 2 is 0.809 bits per heavy atom. The fourth-order valence-corrected chi connectivity index (χ4v) is 18.7. The number of anilines is 15. The molecule has 0 unspecified atom stereocenters. The van der Waals surface area contributed by atoms with Crippen LogP contribution in [-0.2, 0) is 56.4 Å². The van der Waals surface area contributed by atoms with Crippen LogP contribution in [0.5, 0.6) is 11.6 Å². The van der Waals surface area contributed by atoms with E-state index in [0.29, 0.717) is 85.2 Å². The van der Waals surface area contributed by atoms with Gasteiger partial charge in [-0.3, -0.25) is 38.4 Å². The van der Waals surface area contributed by atoms with Crippen molar-refractivity contribution in [3.63, 3.8) is 0 Å². The summed E-state index contributed by atoms with van der Waals surface area (Å²) in [5.41, 5.74) is 33.1. The maximum absolute atomic E-state index is 12.1. The summed E-state index contributed by atoms with van der Waals surface area (Å²) in [6.45, 7) is 16.9. The number of primary sulfonamides is 1. The van der Waals surface area contributed by atoms with E-state index in [2.05, 4.69) is 121 Å². The lowest BCUT2D eigenvalue weighted by Gasteiger charge is -2.18. The number of nitrogens with zero attached hydrogens (tertiary/aromatic N) is 3. The minimum atomic E-state index is -3.80. The van der Waals surface area contributed by atoms with Crippen LogP contribution in [0.2, 0.25) is 0 Å². The summed E-state index contributed by atoms with van der Waals surface area (Å²) < 4.78 is 34.2. The molecule has 0 radical (unpaired) electrons. The first-order chi connectivity index (χ1) is 67.8. The molecule has 141 heavy (non-hydrogen) atoms. The molecule has 21 rings (SSSR count). The Hall–Kier alpha value is -16.1. The Balaban J connectivity index is 0.000000122. The number of hydrogen-bond donors (Lipinski definition) is 16. The average Bonchev–Trinajstić information content (AvgIpc) is 1.70. The Morgan fingerprint density at radius 3 is 1.26 bits per heavy atom. The molecule has 0 bridgehead atoms. The number of methoxy groups -OCH3 is 1. The van der Waals surface area contributed by atoms with Gasteiger partial charge in [-0.2, -0.15) is 0 Å². The molecule has 726 valence electrons. The van der Waals surface area contributed by atoms with Crippen LogP contribution in [0.3, 0.4) is 0 Å². The molecule has 2 aromatic heterocycles. The molecule has 8 amide bonds. The minimum Gasteiger partial charge on any atom is -0.487 e. The molecule has 8 aliphatic heterocycles. The number of nitrogens with two attached hydrogens (primary N) is 2. The first-order valence-electron chi connectivity index (χ1n) is 47.4. The van der Waals surface area contributed by atoms with Crippen LogP contribution in [0.4, 0.5) is 85.4 Å². The summed E-state index contributed by atoms with van der Waals surface area (Å²) >= 11 is 0. The number of rotatable bonds is 13. The molecular formula is C109H117N19O12S. The third-order valence-electron chi connectivity index (χ3n) is 24.8. The topological polar surface area (TPSA) is 439 Å². The van der Waals surface area contributed by atoms with Crippen molar-refractivity contribution in [2.45, 2.75) is 173 Å². The predicted octanol–water partition coefficient (Wildman–Crippen LogP) is 18.7. The number of likely N-dealkylation sites (N-methyl/N-ethyl adjacent to an activating group) is 1. The molecule has 9 aliphatic rings. The summed E-state index contributed by atoms with van der Waals surface area (Å²) in [5, 5.41) is 49.3. The van der Waals surface area contributed by atoms with Crippen LogP contribution in [0, 0.1) is 0 Å². The molecule has 1 saturated carbocycles. The third-order valence-corrected chi connectivity index (χ3v) is 25.8. The first kappa shape index (κ1) is 98.0. The number of ether oxygens (including phenoxy) is 2. The molecule has 10 heterocycles. The number of amides is 8. The van der Waals surface area contributed by atoms with Gasteiger partial charge >= 0.3 is 0 Å². The number of sulfonamides is 1. The lowest BCUT2D eigenvalue weighted by molar-refractivity contribution is -0.117. The Kier molecular flexibility index (Phi) is 30.1. The largest absolute Gasteiger partial charge is 0.487 e. The SMILES string of the molecule is CC(C)Oc1cc(-c2cccc3c2N[C@H](C)CC(=O)N3)cnc1N.COc1ccc(-c2cccc3c2N[C@H](C)CC(=O)N3)cn1.C[C@@H]1CC(=O)Nc2cccc(-c3ccc(C(=O)NC4CC4)cc3)c2N1.C[C@@H]1CC(=O)Nc2cccc(-c3ccc4c(c3)CC(=O)N4)c2N1.C[C@@H]1CC(=O)Nc2cccc(-c3ccc4c(c3)CCN4C)c2N1.C[C@@H]1CC(=O)Nc2cccc(/C=C/c3ccccc3S(N)(=O)=O)c2N1. The van der Waals surface area contributed by atoms with E-state index in [9.17, 15) is 46.8 Å². The van der Waals surface area contributed by atoms with Gasteiger partial charge in [0.2, 0.25) is 57.3 Å². The number of benzene rings is 10. The highest BCUT2D eigenvalue weighted by Gasteiger charge is 2.31. The summed E-state index contributed by atoms with van der Waals surface area (Å²) in [5.74, 6) is 1.61. The summed E-state index contributed by atoms with van der Waals surface area (Å²) in [7, 11) is -0.0707. The van der Waals surface area contributed by atoms with Crippen molar-refractivity contribution in [3.8, 4) is 67.3 Å². The van der Waals surface area contributed by atoms with Crippen molar-refractivity contribution in [2.75, 3.05) is 100 Å². The van der Waals surface area contributed by atoms with Crippen LogP contribution in [0.1, 0.15) is 139 Å². The number of nitrogen functional groups attached to an aromatic ring is 1. The maximum Gasteiger partial charge on any atom is 0.251 e. The van der Waals surface area contributed by atoms with E-state index in [1.807, 2.05) is 219 Å². The van der Waals surface area contributed by atoms with Crippen molar-refractivity contribution in [2.24, 2.45) is 5.14 Å². The first-order valence-corrected chi connectivity index (χ1v) is 48.9. The van der Waals surface area contributed by atoms with E-state index in [1.165, 1.54) is 22.9 Å². The van der Waals surface area contributed by atoms with Crippen molar-refractivity contribution in [1.82, 2.24) is 15.3 Å². The quantitative estimate of drug-likeness (QED) is 0.0477. The molecular weight excluding hydrogens is 1800 g/mol. The average molecular weight is 1920 g/mol. The van der Waals surface area contributed by atoms with Gasteiger partial charge in [0.25, 0.3) is 5.91 Å². The highest BCUT2D eigenvalue weighted by atomic mass is 32.2. The number of aromatic nitrogens is 2. The minimum absolute atomic E-state index is 0.00478. The fraction of sp³-hybridized carbons (Fsp3) is 0.266. The standard InChI is InChI=1S/C20H21N3O2.C19H21N3O.C18H22N4O2.C18H19N3O3S.C18H17N3O2.C16H17N3O2/c1-12-11-18(24)23-17-4-2-3-16(19(17)21-12)13-5-7-14(8-6-13)20(25)22-15-9-10-15;1-12-10-18(23)21-16-5-3-4-15(19(16)20-12)13-6-7-17-14(11-13)8-9-22(17)2;1-10(2)24-15-8-12(9-20-18(15)19)13-5-4-6-14-17(13)21-11(3)7-16(23)22-14;1-12-11-17(22)21-15-7-4-6-14(18(15)20-12)10-9-13-5-2-3-8-16(13)25(19,23)24;1-10-7-16(22)21-15-4-2-3-13(18(15)19-10)11-5-6-14-12(8-11)9-17(23)20-14;1-10-8-14(20)19-13-5-3-4-12(16(13)18-10)11-6-7-15(21-2)17-9-11/h2-8,12,15,21H,9-11H2,1H3,(H,22,25)(H,23,24);3-7,11-12,20H,8-10H2,1-2H3,(H,21,23);4-6,8-11,21H,7H2,1-3H3,(H2,19,20)(H,22,23);2-10,12,20H,11H2,1H3,(H,21,22)(H2,19,23,24);2-6,8,10,19H,7,9H2,1H3,(H,20,23)(H,21,22);3-7,9-10,18H,8H2,1-2H3,(H,19,20)/b;;;10-9+;;/t2*12-;11-;12-;2*10-/m111111/s1. The normalized spacial score (nSPS) is 18.2. The molecule has 1 fully saturated rings. The second-order valence-corrected chi connectivity index (χ2v) is 38.4. The van der Waals surface area contributed by atoms with Crippen LogP contribution < -0.4 is 99.7 Å². The molecule has 10 aromatic carbocycles. The highest BCUT2D eigenvalue weighted by Crippen LogP contribution is 2.46. The van der Waals surface area contributed by atoms with Crippen LogP contribution >= 0.6 is 0 Å². The smallest absolute Gasteiger partial charge is 0.251 e. The highest BCUT2D eigenvalue weighted by molar-refractivity contribution is 7.89. The van der Waals surface area contributed by atoms with E-state index >= 15 is 0 Å². The predicted molar refractivity (Wildman–Crippen MR) is 563 cm³/mol. The van der Waals surface area contributed by atoms with E-state index in [4.69, 9.17) is 20.3 Å². The van der Waals surface area contributed by atoms with Gasteiger partial charge in [0.05, 0.1) is 92.8 Å². The zero-order valence-corrected chi connectivity index (χ0v) is 81.0. The molecule has 1 aliphatic carbocycles. The maximum atomic E-state index is 12.1. The van der Waals surface area contributed by atoms with Gasteiger partial charge in [0.1, 0.15) is 0 Å². The Morgan fingerprint density at radius 1 is 0.426 bits per heavy atom. The zero-order chi connectivity index (χ0) is 99.5. The van der Waals surface area contributed by atoms with E-state index < -0.39 is 10.0 Å². The summed E-state index contributed by atoms with van der Waals surface area (Å²) in [6, 6.07) is 68.2. The van der Waals surface area contributed by atoms with Crippen molar-refractivity contribution in [1.29, 1.82) is 0 Å². The van der Waals surface area contributed by atoms with Crippen molar-refractivity contribution >= 4 is 155 Å². The molecule has 0 saturated heterocycles. The summed E-state index contributed by atoms with van der Waals surface area (Å²) in [6.07, 6.45) is 13.3. The third kappa shape index (κ3) is 24.4. The van der Waals surface area contributed by atoms with Gasteiger partial charge in [0, 0.05) is 169 Å². The Labute approximate surface area is 819 Å². The van der Waals surface area contributed by atoms with E-state index in [-0.39, 0.29) is 94.5 Å². The van der Waals surface area contributed by atoms with Gasteiger partial charge in [-0.15, -0.1) is 0 Å². The Bertz CT molecular complexity index is 6950. The van der Waals surface area contributed by atoms with Crippen LogP contribution in [0.15, 0.2) is 230 Å². The van der Waals surface area contributed by atoms with Crippen molar-refractivity contribution in [3.05, 3.63) is 253 Å². The molecule has 12 aromatic rings. The molecule has 6 atom stereocenters. The number of pyridine rings is 2. The fourth-order valence-electron chi connectivity index (χ4n) is 18.0. The zero-order valence-electron chi connectivity index (χ0n) is 80.2. The van der Waals surface area contributed by atoms with Crippen LogP contribution in [-0.4, -0.2) is 135 Å². The number of carbonyl (C=O) groups is 8. The molecule has 0 spiro atoms. The van der Waals surface area contributed by atoms with Gasteiger partial charge < -0.3 is 94.5 Å². The van der Waals surface area contributed by atoms with E-state index in [1.54, 1.807) is 49.9 Å². The lowest BCUT2D eigenvalue weighted by Crippen LogP contribution is -2.25. The number of hydrogen-bond acceptors (Lipinski definition) is 22. The number of para-hydroxylation sites is 6. The van der Waals surface area contributed by atoms with E-state index in [0.717, 1.165) is 155 Å². The number of nitrogens with one attached hydrogen (secondary N) is 14. The molecule has 18 N–H and O–H groups in total. The van der Waals surface area contributed by atoms with Gasteiger partial charge in [-0.1, -0.05) is 127 Å². The summed E-state index contributed by atoms with van der Waals surface area (Å²) in [4.78, 5) is 106. The number of carbonyl (C=O) groups excluding carboxylic acids is 8. The number of fused-ring (bicyclic) bond motifs is 8. The second kappa shape index (κ2) is 43.3. The van der Waals surface area contributed by atoms with Crippen LogP contribution in [0.25, 0.3) is 67.8 Å². The molecule has 32 heteroatoms. The second-order valence-electron chi connectivity index (χ2n) is 36.9. The van der Waals surface area contributed by atoms with Gasteiger partial charge in [-0.25, -0.2) is 23.5 Å². The van der Waals surface area contributed by atoms with Crippen molar-refractivity contribution < 1.29 is 56.2 Å².